The maximum Gasteiger partial charge on any atom is 0.226 e. The van der Waals surface area contributed by atoms with Crippen LogP contribution in [0.4, 0.5) is 4.39 Å². The smallest absolute Gasteiger partial charge is 0.226 e. The number of carbonyl (C=O) groups excluding carboxylic acids is 1. The van der Waals surface area contributed by atoms with Crippen LogP contribution in [0.25, 0.3) is 0 Å². The van der Waals surface area contributed by atoms with Gasteiger partial charge in [0.1, 0.15) is 5.82 Å². The average molecular weight is 357 g/mol. The number of halogens is 2. The summed E-state index contributed by atoms with van der Waals surface area (Å²) in [7, 11) is 1.97. The SMILES string of the molecule is CNCCC1CCN(C(=O)Cc2ccc(F)c(Br)c2)CC1. The van der Waals surface area contributed by atoms with Gasteiger partial charge in [0.15, 0.2) is 0 Å². The molecule has 1 amide bonds. The Morgan fingerprint density at radius 3 is 2.76 bits per heavy atom. The van der Waals surface area contributed by atoms with E-state index in [-0.39, 0.29) is 11.7 Å². The van der Waals surface area contributed by atoms with Gasteiger partial charge in [0, 0.05) is 13.1 Å². The van der Waals surface area contributed by atoms with Crippen LogP contribution < -0.4 is 5.32 Å². The van der Waals surface area contributed by atoms with E-state index in [2.05, 4.69) is 21.2 Å². The summed E-state index contributed by atoms with van der Waals surface area (Å²) in [6.07, 6.45) is 3.70. The first kappa shape index (κ1) is 16.4. The van der Waals surface area contributed by atoms with Crippen LogP contribution in [0.5, 0.6) is 0 Å². The number of carbonyl (C=O) groups is 1. The Morgan fingerprint density at radius 2 is 2.14 bits per heavy atom. The Labute approximate surface area is 134 Å². The Hall–Kier alpha value is -0.940. The summed E-state index contributed by atoms with van der Waals surface area (Å²) < 4.78 is 13.6. The second-order valence-electron chi connectivity index (χ2n) is 5.64. The van der Waals surface area contributed by atoms with Gasteiger partial charge < -0.3 is 10.2 Å². The number of piperidine rings is 1. The van der Waals surface area contributed by atoms with Crippen LogP contribution in [-0.2, 0) is 11.2 Å². The van der Waals surface area contributed by atoms with Crippen molar-refractivity contribution in [2.45, 2.75) is 25.7 Å². The molecule has 0 atom stereocenters. The van der Waals surface area contributed by atoms with E-state index in [1.807, 2.05) is 11.9 Å². The maximum absolute atomic E-state index is 13.2. The van der Waals surface area contributed by atoms with E-state index in [0.717, 1.165) is 44.0 Å². The summed E-state index contributed by atoms with van der Waals surface area (Å²) in [4.78, 5) is 14.2. The molecule has 1 fully saturated rings. The van der Waals surface area contributed by atoms with Crippen LogP contribution in [-0.4, -0.2) is 37.5 Å². The molecule has 2 rings (SSSR count). The predicted molar refractivity (Wildman–Crippen MR) is 85.7 cm³/mol. The molecule has 5 heteroatoms. The number of hydrogen-bond donors (Lipinski definition) is 1. The van der Waals surface area contributed by atoms with Crippen LogP contribution in [0.1, 0.15) is 24.8 Å². The lowest BCUT2D eigenvalue weighted by molar-refractivity contribution is -0.131. The third-order valence-corrected chi connectivity index (χ3v) is 4.72. The Morgan fingerprint density at radius 1 is 1.43 bits per heavy atom. The zero-order valence-corrected chi connectivity index (χ0v) is 14.0. The second-order valence-corrected chi connectivity index (χ2v) is 6.50. The molecule has 116 valence electrons. The number of likely N-dealkylation sites (tertiary alicyclic amines) is 1. The van der Waals surface area contributed by atoms with Crippen molar-refractivity contribution in [1.29, 1.82) is 0 Å². The molecule has 1 saturated heterocycles. The predicted octanol–water partition coefficient (Wildman–Crippen LogP) is 2.98. The van der Waals surface area contributed by atoms with Gasteiger partial charge >= 0.3 is 0 Å². The zero-order chi connectivity index (χ0) is 15.2. The van der Waals surface area contributed by atoms with Gasteiger partial charge in [-0.3, -0.25) is 4.79 Å². The lowest BCUT2D eigenvalue weighted by atomic mass is 9.93. The van der Waals surface area contributed by atoms with Gasteiger partial charge in [-0.1, -0.05) is 6.07 Å². The van der Waals surface area contributed by atoms with Crippen LogP contribution in [0.3, 0.4) is 0 Å². The van der Waals surface area contributed by atoms with Crippen LogP contribution >= 0.6 is 15.9 Å². The molecule has 0 aromatic heterocycles. The number of nitrogens with zero attached hydrogens (tertiary/aromatic N) is 1. The number of amides is 1. The van der Waals surface area contributed by atoms with E-state index in [1.165, 1.54) is 12.5 Å². The van der Waals surface area contributed by atoms with Crippen molar-refractivity contribution in [2.75, 3.05) is 26.7 Å². The minimum atomic E-state index is -0.295. The van der Waals surface area contributed by atoms with Gasteiger partial charge in [0.2, 0.25) is 5.91 Å². The first-order valence-electron chi connectivity index (χ1n) is 7.46. The molecular formula is C16H22BrFN2O. The lowest BCUT2D eigenvalue weighted by Gasteiger charge is -2.32. The third-order valence-electron chi connectivity index (χ3n) is 4.11. The van der Waals surface area contributed by atoms with Crippen LogP contribution in [0.15, 0.2) is 22.7 Å². The van der Waals surface area contributed by atoms with Gasteiger partial charge in [-0.2, -0.15) is 0 Å². The summed E-state index contributed by atoms with van der Waals surface area (Å²) in [5, 5.41) is 3.18. The molecule has 1 aromatic rings. The maximum atomic E-state index is 13.2. The highest BCUT2D eigenvalue weighted by atomic mass is 79.9. The van der Waals surface area contributed by atoms with Gasteiger partial charge in [-0.15, -0.1) is 0 Å². The van der Waals surface area contributed by atoms with Crippen LogP contribution in [0, 0.1) is 11.7 Å². The molecular weight excluding hydrogens is 335 g/mol. The molecule has 1 aromatic carbocycles. The minimum Gasteiger partial charge on any atom is -0.342 e. The van der Waals surface area contributed by atoms with Crippen molar-refractivity contribution >= 4 is 21.8 Å². The molecule has 21 heavy (non-hydrogen) atoms. The van der Waals surface area contributed by atoms with Crippen molar-refractivity contribution < 1.29 is 9.18 Å². The standard InChI is InChI=1S/C16H22BrFN2O/c1-19-7-4-12-5-8-20(9-6-12)16(21)11-13-2-3-15(18)14(17)10-13/h2-3,10,12,19H,4-9,11H2,1H3. The quantitative estimate of drug-likeness (QED) is 0.879. The zero-order valence-electron chi connectivity index (χ0n) is 12.4. The van der Waals surface area contributed by atoms with Crippen molar-refractivity contribution in [3.8, 4) is 0 Å². The van der Waals surface area contributed by atoms with Gasteiger partial charge in [0.05, 0.1) is 10.9 Å². The Kier molecular flexibility index (Phi) is 6.18. The third kappa shape index (κ3) is 4.78. The van der Waals surface area contributed by atoms with E-state index in [9.17, 15) is 9.18 Å². The molecule has 0 bridgehead atoms. The molecule has 1 aliphatic heterocycles. The first-order valence-corrected chi connectivity index (χ1v) is 8.25. The Bertz CT molecular complexity index is 487. The fourth-order valence-corrected chi connectivity index (χ4v) is 3.18. The molecule has 0 radical (unpaired) electrons. The summed E-state index contributed by atoms with van der Waals surface area (Å²) in [6.45, 7) is 2.73. The molecule has 0 spiro atoms. The van der Waals surface area contributed by atoms with Crippen molar-refractivity contribution in [1.82, 2.24) is 10.2 Å². The summed E-state index contributed by atoms with van der Waals surface area (Å²) in [6, 6.07) is 4.77. The molecule has 1 N–H and O–H groups in total. The molecule has 1 aliphatic rings. The van der Waals surface area contributed by atoms with E-state index in [1.54, 1.807) is 12.1 Å². The number of hydrogen-bond acceptors (Lipinski definition) is 2. The van der Waals surface area contributed by atoms with E-state index >= 15 is 0 Å². The number of benzene rings is 1. The van der Waals surface area contributed by atoms with E-state index in [0.29, 0.717) is 10.9 Å². The minimum absolute atomic E-state index is 0.139. The first-order chi connectivity index (χ1) is 10.1. The lowest BCUT2D eigenvalue weighted by Crippen LogP contribution is -2.39. The summed E-state index contributed by atoms with van der Waals surface area (Å²) in [5.41, 5.74) is 0.852. The number of nitrogens with one attached hydrogen (secondary N) is 1. The summed E-state index contributed by atoms with van der Waals surface area (Å²) >= 11 is 3.16. The fourth-order valence-electron chi connectivity index (χ4n) is 2.76. The van der Waals surface area contributed by atoms with Crippen molar-refractivity contribution in [3.63, 3.8) is 0 Å². The normalized spacial score (nSPS) is 16.2. The molecule has 3 nitrogen and oxygen atoms in total. The summed E-state index contributed by atoms with van der Waals surface area (Å²) in [5.74, 6) is 0.568. The monoisotopic (exact) mass is 356 g/mol. The van der Waals surface area contributed by atoms with Crippen LogP contribution in [0.2, 0.25) is 0 Å². The molecule has 0 saturated carbocycles. The fraction of sp³-hybridized carbons (Fsp3) is 0.562. The van der Waals surface area contributed by atoms with E-state index < -0.39 is 0 Å². The highest BCUT2D eigenvalue weighted by molar-refractivity contribution is 9.10. The molecule has 0 aliphatic carbocycles. The largest absolute Gasteiger partial charge is 0.342 e. The average Bonchev–Trinajstić information content (AvgIpc) is 2.49. The highest BCUT2D eigenvalue weighted by Gasteiger charge is 2.22. The van der Waals surface area contributed by atoms with E-state index in [4.69, 9.17) is 0 Å². The van der Waals surface area contributed by atoms with Crippen molar-refractivity contribution in [2.24, 2.45) is 5.92 Å². The molecule has 0 unspecified atom stereocenters. The van der Waals surface area contributed by atoms with Crippen molar-refractivity contribution in [3.05, 3.63) is 34.1 Å². The van der Waals surface area contributed by atoms with Gasteiger partial charge in [-0.05, 0) is 72.4 Å². The number of rotatable bonds is 5. The molecule has 1 heterocycles. The topological polar surface area (TPSA) is 32.3 Å². The Balaban J connectivity index is 1.83. The van der Waals surface area contributed by atoms with Gasteiger partial charge in [-0.25, -0.2) is 4.39 Å². The van der Waals surface area contributed by atoms with Gasteiger partial charge in [0.25, 0.3) is 0 Å². The highest BCUT2D eigenvalue weighted by Crippen LogP contribution is 2.22. The second kappa shape index (κ2) is 7.90.